The molecule has 1 aliphatic rings. The Labute approximate surface area is 186 Å². The van der Waals surface area contributed by atoms with Crippen LogP contribution >= 0.6 is 11.3 Å². The number of aryl methyl sites for hydroxylation is 3. The molecule has 0 radical (unpaired) electrons. The van der Waals surface area contributed by atoms with E-state index < -0.39 is 0 Å². The lowest BCUT2D eigenvalue weighted by atomic mass is 9.95. The first-order chi connectivity index (χ1) is 14.6. The van der Waals surface area contributed by atoms with Gasteiger partial charge in [-0.1, -0.05) is 20.8 Å². The lowest BCUT2D eigenvalue weighted by Crippen LogP contribution is -2.24. The molecule has 3 aromatic rings. The standard InChI is InChI=1S/C24H28N4O2S/c1-13-12-16(9-10-17(13)28-11-7-8-18(28)29)26-21(30)20-14(2)19-15(3)25-23(24(4,5)6)27-22(19)31-20/h9-10,12H,7-8,11H2,1-6H3,(H,26,30). The minimum absolute atomic E-state index is 0.151. The van der Waals surface area contributed by atoms with Gasteiger partial charge in [0.2, 0.25) is 5.91 Å². The van der Waals surface area contributed by atoms with Crippen LogP contribution in [0.15, 0.2) is 18.2 Å². The Morgan fingerprint density at radius 3 is 2.52 bits per heavy atom. The van der Waals surface area contributed by atoms with E-state index in [4.69, 9.17) is 4.98 Å². The molecule has 31 heavy (non-hydrogen) atoms. The number of benzene rings is 1. The van der Waals surface area contributed by atoms with Crippen molar-refractivity contribution in [3.05, 3.63) is 45.7 Å². The van der Waals surface area contributed by atoms with Crippen LogP contribution in [0.2, 0.25) is 0 Å². The van der Waals surface area contributed by atoms with Gasteiger partial charge in [0.25, 0.3) is 5.91 Å². The second-order valence-electron chi connectivity index (χ2n) is 9.22. The molecule has 1 N–H and O–H groups in total. The molecule has 0 atom stereocenters. The molecule has 0 bridgehead atoms. The van der Waals surface area contributed by atoms with Crippen LogP contribution in [0.4, 0.5) is 11.4 Å². The molecule has 162 valence electrons. The van der Waals surface area contributed by atoms with E-state index in [0.29, 0.717) is 17.0 Å². The molecule has 3 heterocycles. The number of rotatable bonds is 3. The largest absolute Gasteiger partial charge is 0.321 e. The monoisotopic (exact) mass is 436 g/mol. The Balaban J connectivity index is 1.63. The van der Waals surface area contributed by atoms with Gasteiger partial charge in [-0.2, -0.15) is 0 Å². The zero-order chi connectivity index (χ0) is 22.5. The molecular formula is C24H28N4O2S. The molecule has 1 aromatic carbocycles. The molecule has 0 aliphatic carbocycles. The molecule has 0 spiro atoms. The highest BCUT2D eigenvalue weighted by atomic mass is 32.1. The molecule has 0 unspecified atom stereocenters. The van der Waals surface area contributed by atoms with Crippen molar-refractivity contribution in [1.29, 1.82) is 0 Å². The Hall–Kier alpha value is -2.80. The number of carbonyl (C=O) groups excluding carboxylic acids is 2. The minimum Gasteiger partial charge on any atom is -0.321 e. The van der Waals surface area contributed by atoms with Gasteiger partial charge in [-0.3, -0.25) is 9.59 Å². The lowest BCUT2D eigenvalue weighted by Gasteiger charge is -2.19. The van der Waals surface area contributed by atoms with Crippen molar-refractivity contribution in [3.63, 3.8) is 0 Å². The first-order valence-corrected chi connectivity index (χ1v) is 11.4. The van der Waals surface area contributed by atoms with Crippen LogP contribution in [0, 0.1) is 20.8 Å². The predicted molar refractivity (Wildman–Crippen MR) is 126 cm³/mol. The third kappa shape index (κ3) is 3.94. The number of nitrogens with one attached hydrogen (secondary N) is 1. The smallest absolute Gasteiger partial charge is 0.266 e. The molecule has 4 rings (SSSR count). The van der Waals surface area contributed by atoms with Gasteiger partial charge in [0, 0.05) is 35.1 Å². The van der Waals surface area contributed by atoms with Gasteiger partial charge in [-0.05, 0) is 56.5 Å². The highest BCUT2D eigenvalue weighted by Crippen LogP contribution is 2.34. The van der Waals surface area contributed by atoms with Gasteiger partial charge in [0.05, 0.1) is 10.6 Å². The number of carbonyl (C=O) groups is 2. The van der Waals surface area contributed by atoms with Crippen LogP contribution in [0.3, 0.4) is 0 Å². The van der Waals surface area contributed by atoms with Gasteiger partial charge < -0.3 is 10.2 Å². The number of amides is 2. The molecule has 1 aliphatic heterocycles. The summed E-state index contributed by atoms with van der Waals surface area (Å²) < 4.78 is 0. The van der Waals surface area contributed by atoms with Crippen molar-refractivity contribution in [1.82, 2.24) is 9.97 Å². The number of nitrogens with zero attached hydrogens (tertiary/aromatic N) is 3. The number of thiophene rings is 1. The Bertz CT molecular complexity index is 1210. The van der Waals surface area contributed by atoms with E-state index in [1.807, 2.05) is 43.9 Å². The molecule has 1 fully saturated rings. The summed E-state index contributed by atoms with van der Waals surface area (Å²) in [5, 5.41) is 3.97. The quantitative estimate of drug-likeness (QED) is 0.605. The van der Waals surface area contributed by atoms with E-state index in [-0.39, 0.29) is 17.2 Å². The SMILES string of the molecule is Cc1cc(NC(=O)c2sc3nc(C(C)(C)C)nc(C)c3c2C)ccc1N1CCCC1=O. The highest BCUT2D eigenvalue weighted by molar-refractivity contribution is 7.20. The van der Waals surface area contributed by atoms with Gasteiger partial charge in [-0.25, -0.2) is 9.97 Å². The second-order valence-corrected chi connectivity index (χ2v) is 10.2. The van der Waals surface area contributed by atoms with Gasteiger partial charge in [-0.15, -0.1) is 11.3 Å². The van der Waals surface area contributed by atoms with Gasteiger partial charge in [0.15, 0.2) is 0 Å². The van der Waals surface area contributed by atoms with Crippen LogP contribution in [-0.2, 0) is 10.2 Å². The van der Waals surface area contributed by atoms with E-state index in [0.717, 1.165) is 51.5 Å². The maximum absolute atomic E-state index is 13.1. The summed E-state index contributed by atoms with van der Waals surface area (Å²) in [6, 6.07) is 5.69. The van der Waals surface area contributed by atoms with Crippen molar-refractivity contribution in [3.8, 4) is 0 Å². The van der Waals surface area contributed by atoms with Crippen LogP contribution in [0.25, 0.3) is 10.2 Å². The zero-order valence-electron chi connectivity index (χ0n) is 18.9. The average Bonchev–Trinajstić information content (AvgIpc) is 3.25. The van der Waals surface area contributed by atoms with Crippen molar-refractivity contribution in [2.45, 2.75) is 59.8 Å². The Kier molecular flexibility index (Phi) is 5.33. The van der Waals surface area contributed by atoms with Crippen LogP contribution < -0.4 is 10.2 Å². The molecule has 1 saturated heterocycles. The Morgan fingerprint density at radius 1 is 1.16 bits per heavy atom. The normalized spacial score (nSPS) is 14.5. The summed E-state index contributed by atoms with van der Waals surface area (Å²) in [4.78, 5) is 37.9. The van der Waals surface area contributed by atoms with E-state index in [9.17, 15) is 9.59 Å². The minimum atomic E-state index is -0.157. The van der Waals surface area contributed by atoms with Gasteiger partial charge in [0.1, 0.15) is 10.7 Å². The molecule has 7 heteroatoms. The predicted octanol–water partition coefficient (Wildman–Crippen LogP) is 5.29. The van der Waals surface area contributed by atoms with E-state index in [2.05, 4.69) is 31.1 Å². The number of anilines is 2. The summed E-state index contributed by atoms with van der Waals surface area (Å²) in [5.74, 6) is 0.793. The third-order valence-electron chi connectivity index (χ3n) is 5.67. The van der Waals surface area contributed by atoms with Crippen LogP contribution in [-0.4, -0.2) is 28.3 Å². The number of hydrogen-bond donors (Lipinski definition) is 1. The summed E-state index contributed by atoms with van der Waals surface area (Å²) in [7, 11) is 0. The van der Waals surface area contributed by atoms with Crippen molar-refractivity contribution < 1.29 is 9.59 Å². The van der Waals surface area contributed by atoms with E-state index in [1.54, 1.807) is 0 Å². The molecule has 2 aromatic heterocycles. The fourth-order valence-electron chi connectivity index (χ4n) is 4.02. The van der Waals surface area contributed by atoms with E-state index in [1.165, 1.54) is 11.3 Å². The fourth-order valence-corrected chi connectivity index (χ4v) is 5.14. The molecule has 2 amide bonds. The molecule has 0 saturated carbocycles. The van der Waals surface area contributed by atoms with Gasteiger partial charge >= 0.3 is 0 Å². The molecular weight excluding hydrogens is 408 g/mol. The number of fused-ring (bicyclic) bond motifs is 1. The summed E-state index contributed by atoms with van der Waals surface area (Å²) in [6.45, 7) is 12.9. The first kappa shape index (κ1) is 21.4. The average molecular weight is 437 g/mol. The van der Waals surface area contributed by atoms with Crippen molar-refractivity contribution in [2.75, 3.05) is 16.8 Å². The Morgan fingerprint density at radius 2 is 1.90 bits per heavy atom. The maximum atomic E-state index is 13.1. The summed E-state index contributed by atoms with van der Waals surface area (Å²) in [5.41, 5.74) is 4.25. The second kappa shape index (κ2) is 7.71. The third-order valence-corrected chi connectivity index (χ3v) is 6.85. The maximum Gasteiger partial charge on any atom is 0.266 e. The zero-order valence-corrected chi connectivity index (χ0v) is 19.7. The topological polar surface area (TPSA) is 75.2 Å². The summed E-state index contributed by atoms with van der Waals surface area (Å²) in [6.07, 6.45) is 1.49. The van der Waals surface area contributed by atoms with Crippen LogP contribution in [0.1, 0.15) is 65.9 Å². The number of hydrogen-bond acceptors (Lipinski definition) is 5. The van der Waals surface area contributed by atoms with E-state index >= 15 is 0 Å². The first-order valence-electron chi connectivity index (χ1n) is 10.6. The fraction of sp³-hybridized carbons (Fsp3) is 0.417. The number of aromatic nitrogens is 2. The molecule has 6 nitrogen and oxygen atoms in total. The highest BCUT2D eigenvalue weighted by Gasteiger charge is 2.25. The van der Waals surface area contributed by atoms with Crippen molar-refractivity contribution >= 4 is 44.7 Å². The lowest BCUT2D eigenvalue weighted by molar-refractivity contribution is -0.117. The van der Waals surface area contributed by atoms with Crippen LogP contribution in [0.5, 0.6) is 0 Å². The van der Waals surface area contributed by atoms with Crippen molar-refractivity contribution in [2.24, 2.45) is 0 Å². The summed E-state index contributed by atoms with van der Waals surface area (Å²) >= 11 is 1.41.